The molecule has 2 amide bonds. The second-order valence-electron chi connectivity index (χ2n) is 6.98. The number of carboxylic acids is 1. The molecule has 2 aromatic heterocycles. The number of aryl methyl sites for hydroxylation is 1. The van der Waals surface area contributed by atoms with Crippen molar-refractivity contribution in [3.05, 3.63) is 42.0 Å². The van der Waals surface area contributed by atoms with E-state index >= 15 is 0 Å². The maximum atomic E-state index is 12.6. The molecular weight excluding hydrogens is 407 g/mol. The number of amides is 2. The summed E-state index contributed by atoms with van der Waals surface area (Å²) < 4.78 is 31.7. The minimum atomic E-state index is -5.08. The van der Waals surface area contributed by atoms with Gasteiger partial charge in [-0.3, -0.25) is 19.7 Å². The molecule has 2 aromatic rings. The first-order valence-electron chi connectivity index (χ1n) is 8.90. The van der Waals surface area contributed by atoms with E-state index in [0.29, 0.717) is 25.3 Å². The molecule has 0 bridgehead atoms. The molecule has 2 fully saturated rings. The lowest BCUT2D eigenvalue weighted by atomic mass is 10.0. The van der Waals surface area contributed by atoms with Crippen LogP contribution in [0.5, 0.6) is 0 Å². The minimum Gasteiger partial charge on any atom is -0.475 e. The van der Waals surface area contributed by atoms with Gasteiger partial charge < -0.3 is 14.9 Å². The highest BCUT2D eigenvalue weighted by atomic mass is 19.4. The molecule has 2 N–H and O–H groups in total. The number of aromatic amines is 1. The van der Waals surface area contributed by atoms with Gasteiger partial charge in [0.15, 0.2) is 0 Å². The van der Waals surface area contributed by atoms with Gasteiger partial charge in [0.1, 0.15) is 5.69 Å². The summed E-state index contributed by atoms with van der Waals surface area (Å²) in [6.07, 6.45) is -1.69. The Morgan fingerprint density at radius 2 is 1.97 bits per heavy atom. The molecular formula is C18H18F3N5O4. The Hall–Kier alpha value is -3.44. The number of likely N-dealkylation sites (tertiary alicyclic amines) is 1. The molecule has 2 atom stereocenters. The van der Waals surface area contributed by atoms with Crippen molar-refractivity contribution in [1.29, 1.82) is 0 Å². The van der Waals surface area contributed by atoms with Crippen LogP contribution in [0.4, 0.5) is 18.9 Å². The van der Waals surface area contributed by atoms with Crippen LogP contribution in [0, 0.1) is 18.8 Å². The molecule has 0 spiro atoms. The third kappa shape index (κ3) is 4.42. The average molecular weight is 425 g/mol. The fourth-order valence-electron chi connectivity index (χ4n) is 3.46. The van der Waals surface area contributed by atoms with Crippen LogP contribution in [-0.4, -0.2) is 68.8 Å². The number of aliphatic carboxylic acids is 1. The van der Waals surface area contributed by atoms with Crippen LogP contribution in [-0.2, 0) is 9.59 Å². The number of hydrogen-bond donors (Lipinski definition) is 2. The summed E-state index contributed by atoms with van der Waals surface area (Å²) in [5.41, 5.74) is 2.10. The summed E-state index contributed by atoms with van der Waals surface area (Å²) >= 11 is 0. The van der Waals surface area contributed by atoms with Crippen molar-refractivity contribution in [2.24, 2.45) is 11.8 Å². The minimum absolute atomic E-state index is 0.0801. The van der Waals surface area contributed by atoms with Gasteiger partial charge >= 0.3 is 12.1 Å². The van der Waals surface area contributed by atoms with E-state index in [1.807, 2.05) is 19.1 Å². The molecule has 4 rings (SSSR count). The number of nitrogens with one attached hydrogen (secondary N) is 1. The van der Waals surface area contributed by atoms with Gasteiger partial charge in [-0.1, -0.05) is 0 Å². The zero-order chi connectivity index (χ0) is 22.1. The Morgan fingerprint density at radius 3 is 2.47 bits per heavy atom. The number of anilines is 1. The molecule has 30 heavy (non-hydrogen) atoms. The Kier molecular flexibility index (Phi) is 5.76. The van der Waals surface area contributed by atoms with Gasteiger partial charge in [-0.2, -0.15) is 18.3 Å². The topological polar surface area (TPSA) is 119 Å². The van der Waals surface area contributed by atoms with Gasteiger partial charge in [0.25, 0.3) is 5.91 Å². The van der Waals surface area contributed by atoms with Crippen LogP contribution in [0.25, 0.3) is 0 Å². The lowest BCUT2D eigenvalue weighted by molar-refractivity contribution is -0.192. The number of rotatable bonds is 2. The maximum Gasteiger partial charge on any atom is 0.490 e. The van der Waals surface area contributed by atoms with E-state index in [2.05, 4.69) is 15.2 Å². The third-order valence-electron chi connectivity index (χ3n) is 4.85. The van der Waals surface area contributed by atoms with Crippen molar-refractivity contribution < 1.29 is 32.7 Å². The van der Waals surface area contributed by atoms with E-state index in [9.17, 15) is 22.8 Å². The van der Waals surface area contributed by atoms with Gasteiger partial charge in [0.2, 0.25) is 5.91 Å². The van der Waals surface area contributed by atoms with E-state index < -0.39 is 12.1 Å². The van der Waals surface area contributed by atoms with E-state index in [0.717, 1.165) is 11.4 Å². The fraction of sp³-hybridized carbons (Fsp3) is 0.389. The van der Waals surface area contributed by atoms with E-state index in [1.54, 1.807) is 28.3 Å². The lowest BCUT2D eigenvalue weighted by Crippen LogP contribution is -2.35. The zero-order valence-corrected chi connectivity index (χ0v) is 15.8. The second-order valence-corrected chi connectivity index (χ2v) is 6.98. The molecule has 0 aromatic carbocycles. The van der Waals surface area contributed by atoms with E-state index in [-0.39, 0.29) is 23.7 Å². The highest BCUT2D eigenvalue weighted by molar-refractivity contribution is 5.99. The number of aromatic nitrogens is 3. The largest absolute Gasteiger partial charge is 0.490 e. The number of carbonyl (C=O) groups is 3. The molecule has 0 aliphatic carbocycles. The van der Waals surface area contributed by atoms with Gasteiger partial charge in [-0.05, 0) is 25.1 Å². The second kappa shape index (κ2) is 8.13. The molecule has 2 aliphatic rings. The normalized spacial score (nSPS) is 20.6. The van der Waals surface area contributed by atoms with Crippen molar-refractivity contribution in [3.8, 4) is 0 Å². The number of fused-ring (bicyclic) bond motifs is 1. The number of carboxylic acid groups (broad SMARTS) is 1. The van der Waals surface area contributed by atoms with Crippen molar-refractivity contribution in [3.63, 3.8) is 0 Å². The Bertz CT molecular complexity index is 947. The average Bonchev–Trinajstić information content (AvgIpc) is 3.38. The van der Waals surface area contributed by atoms with Gasteiger partial charge in [-0.15, -0.1) is 0 Å². The predicted octanol–water partition coefficient (Wildman–Crippen LogP) is 1.48. The highest BCUT2D eigenvalue weighted by Crippen LogP contribution is 2.35. The highest BCUT2D eigenvalue weighted by Gasteiger charge is 2.48. The quantitative estimate of drug-likeness (QED) is 0.752. The Labute approximate surface area is 168 Å². The molecule has 160 valence electrons. The summed E-state index contributed by atoms with van der Waals surface area (Å²) in [5, 5.41) is 13.9. The SMILES string of the molecule is Cc1cc(C(=O)N2C[C@H]3CN(c4cccnc4)C(=O)[C@H]3C2)n[nH]1.O=C(O)C(F)(F)F. The molecule has 0 unspecified atom stereocenters. The smallest absolute Gasteiger partial charge is 0.475 e. The summed E-state index contributed by atoms with van der Waals surface area (Å²) in [6, 6.07) is 5.45. The van der Waals surface area contributed by atoms with Crippen LogP contribution in [0.2, 0.25) is 0 Å². The Balaban J connectivity index is 0.000000318. The van der Waals surface area contributed by atoms with Crippen molar-refractivity contribution >= 4 is 23.5 Å². The summed E-state index contributed by atoms with van der Waals surface area (Å²) in [4.78, 5) is 41.6. The van der Waals surface area contributed by atoms with Gasteiger partial charge in [0, 0.05) is 37.4 Å². The summed E-state index contributed by atoms with van der Waals surface area (Å²) in [6.45, 7) is 3.55. The summed E-state index contributed by atoms with van der Waals surface area (Å²) in [7, 11) is 0. The van der Waals surface area contributed by atoms with E-state index in [1.165, 1.54) is 0 Å². The number of carbonyl (C=O) groups excluding carboxylic acids is 2. The monoisotopic (exact) mass is 425 g/mol. The number of halogens is 3. The zero-order valence-electron chi connectivity index (χ0n) is 15.8. The first-order valence-corrected chi connectivity index (χ1v) is 8.90. The van der Waals surface area contributed by atoms with Crippen molar-refractivity contribution in [2.75, 3.05) is 24.5 Å². The van der Waals surface area contributed by atoms with Crippen LogP contribution in [0.3, 0.4) is 0 Å². The van der Waals surface area contributed by atoms with Crippen LogP contribution in [0.1, 0.15) is 16.2 Å². The fourth-order valence-corrected chi connectivity index (χ4v) is 3.46. The van der Waals surface area contributed by atoms with Crippen LogP contribution >= 0.6 is 0 Å². The van der Waals surface area contributed by atoms with Crippen molar-refractivity contribution in [2.45, 2.75) is 13.1 Å². The molecule has 12 heteroatoms. The molecule has 9 nitrogen and oxygen atoms in total. The van der Waals surface area contributed by atoms with Crippen LogP contribution < -0.4 is 4.90 Å². The predicted molar refractivity (Wildman–Crippen MR) is 96.5 cm³/mol. The number of pyridine rings is 1. The van der Waals surface area contributed by atoms with Crippen LogP contribution in [0.15, 0.2) is 30.6 Å². The molecule has 4 heterocycles. The standard InChI is InChI=1S/C16H17N5O2.C2HF3O2/c1-10-5-14(19-18-10)16(23)20-7-11-8-21(15(22)13(11)9-20)12-3-2-4-17-6-12;3-2(4,5)1(6)7/h2-6,11,13H,7-9H2,1H3,(H,18,19);(H,6,7)/t11-,13-;/m0./s1. The van der Waals surface area contributed by atoms with E-state index in [4.69, 9.17) is 9.90 Å². The molecule has 2 saturated heterocycles. The van der Waals surface area contributed by atoms with Crippen molar-refractivity contribution in [1.82, 2.24) is 20.1 Å². The molecule has 0 saturated carbocycles. The number of H-pyrrole nitrogens is 1. The molecule has 0 radical (unpaired) electrons. The number of alkyl halides is 3. The maximum absolute atomic E-state index is 12.6. The first-order chi connectivity index (χ1) is 14.1. The number of nitrogens with zero attached hydrogens (tertiary/aromatic N) is 4. The lowest BCUT2D eigenvalue weighted by Gasteiger charge is -2.21. The third-order valence-corrected chi connectivity index (χ3v) is 4.85. The summed E-state index contributed by atoms with van der Waals surface area (Å²) in [5.74, 6) is -2.74. The van der Waals surface area contributed by atoms with Gasteiger partial charge in [0.05, 0.1) is 17.8 Å². The first kappa shape index (κ1) is 21.3. The van der Waals surface area contributed by atoms with Gasteiger partial charge in [-0.25, -0.2) is 4.79 Å². The number of hydrogen-bond acceptors (Lipinski definition) is 5. The molecule has 2 aliphatic heterocycles. The Morgan fingerprint density at radius 1 is 1.27 bits per heavy atom.